The van der Waals surface area contributed by atoms with E-state index < -0.39 is 64.7 Å². The Labute approximate surface area is 220 Å². The number of hydrogen-bond donors (Lipinski definition) is 1. The summed E-state index contributed by atoms with van der Waals surface area (Å²) >= 11 is 0. The van der Waals surface area contributed by atoms with Crippen LogP contribution in [0.5, 0.6) is 0 Å². The molecule has 0 unspecified atom stereocenters. The van der Waals surface area contributed by atoms with Crippen molar-refractivity contribution in [1.82, 2.24) is 0 Å². The molecule has 2 aromatic carbocycles. The lowest BCUT2D eigenvalue weighted by Crippen LogP contribution is -2.62. The quantitative estimate of drug-likeness (QED) is 0.359. The summed E-state index contributed by atoms with van der Waals surface area (Å²) in [5.74, 6) is -1.30. The highest BCUT2D eigenvalue weighted by molar-refractivity contribution is 5.77. The van der Waals surface area contributed by atoms with Crippen LogP contribution in [0, 0.1) is 65.6 Å². The van der Waals surface area contributed by atoms with Crippen molar-refractivity contribution in [2.24, 2.45) is 11.3 Å². The Hall–Kier alpha value is -4.49. The van der Waals surface area contributed by atoms with E-state index in [1.165, 1.54) is 38.1 Å². The summed E-state index contributed by atoms with van der Waals surface area (Å²) in [6.45, 7) is 2.56. The fourth-order valence-electron chi connectivity index (χ4n) is 8.06. The average molecular weight is 540 g/mol. The molecule has 0 aromatic heterocycles. The molecular formula is C25H24N4O10. The van der Waals surface area contributed by atoms with E-state index in [-0.39, 0.29) is 47.4 Å². The van der Waals surface area contributed by atoms with Crippen LogP contribution in [0.4, 0.5) is 22.7 Å². The molecule has 6 rings (SSSR count). The van der Waals surface area contributed by atoms with E-state index >= 15 is 0 Å². The minimum Gasteiger partial charge on any atom is -0.481 e. The van der Waals surface area contributed by atoms with Gasteiger partial charge < -0.3 is 5.11 Å². The maximum absolute atomic E-state index is 12.8. The predicted octanol–water partition coefficient (Wildman–Crippen LogP) is 5.18. The van der Waals surface area contributed by atoms with E-state index in [9.17, 15) is 50.4 Å². The third-order valence-electron chi connectivity index (χ3n) is 9.24. The maximum atomic E-state index is 12.8. The number of nitro benzene ring substituents is 4. The van der Waals surface area contributed by atoms with Crippen molar-refractivity contribution in [2.45, 2.75) is 63.2 Å². The zero-order valence-corrected chi connectivity index (χ0v) is 21.0. The van der Waals surface area contributed by atoms with Gasteiger partial charge in [-0.1, -0.05) is 0 Å². The molecule has 0 amide bonds. The molecule has 0 spiro atoms. The Morgan fingerprint density at radius 1 is 0.692 bits per heavy atom. The second-order valence-corrected chi connectivity index (χ2v) is 11.5. The van der Waals surface area contributed by atoms with Gasteiger partial charge in [0, 0.05) is 24.3 Å². The van der Waals surface area contributed by atoms with Crippen LogP contribution in [-0.2, 0) is 15.6 Å². The molecular weight excluding hydrogens is 516 g/mol. The molecule has 0 heterocycles. The van der Waals surface area contributed by atoms with Crippen LogP contribution in [0.2, 0.25) is 0 Å². The lowest BCUT2D eigenvalue weighted by Gasteiger charge is -2.65. The van der Waals surface area contributed by atoms with Gasteiger partial charge in [-0.2, -0.15) is 0 Å². The van der Waals surface area contributed by atoms with Crippen molar-refractivity contribution >= 4 is 28.7 Å². The third-order valence-corrected chi connectivity index (χ3v) is 9.24. The molecule has 204 valence electrons. The highest BCUT2D eigenvalue weighted by atomic mass is 16.6. The summed E-state index contributed by atoms with van der Waals surface area (Å²) in [5, 5.41) is 57.7. The second kappa shape index (κ2) is 8.25. The van der Waals surface area contributed by atoms with Gasteiger partial charge in [0.15, 0.2) is 0 Å². The van der Waals surface area contributed by atoms with Crippen molar-refractivity contribution in [2.75, 3.05) is 0 Å². The molecule has 39 heavy (non-hydrogen) atoms. The van der Waals surface area contributed by atoms with E-state index in [1.807, 2.05) is 0 Å². The number of carboxylic acid groups (broad SMARTS) is 1. The Bertz CT molecular complexity index is 1350. The molecule has 0 radical (unpaired) electrons. The number of carbonyl (C=O) groups is 1. The lowest BCUT2D eigenvalue weighted by atomic mass is 9.37. The molecule has 4 aliphatic carbocycles. The van der Waals surface area contributed by atoms with Crippen LogP contribution in [0.1, 0.15) is 60.8 Å². The Morgan fingerprint density at radius 2 is 1.03 bits per heavy atom. The van der Waals surface area contributed by atoms with Crippen LogP contribution < -0.4 is 0 Å². The number of hydrogen-bond acceptors (Lipinski definition) is 9. The first-order valence-corrected chi connectivity index (χ1v) is 12.2. The molecule has 4 bridgehead atoms. The number of benzene rings is 2. The molecule has 4 fully saturated rings. The summed E-state index contributed by atoms with van der Waals surface area (Å²) < 4.78 is 0. The van der Waals surface area contributed by atoms with E-state index in [1.54, 1.807) is 0 Å². The number of rotatable bonds is 7. The average Bonchev–Trinajstić information content (AvgIpc) is 2.82. The highest BCUT2D eigenvalue weighted by Crippen LogP contribution is 2.71. The fourth-order valence-corrected chi connectivity index (χ4v) is 8.06. The predicted molar refractivity (Wildman–Crippen MR) is 134 cm³/mol. The number of nitro groups is 4. The van der Waals surface area contributed by atoms with E-state index in [4.69, 9.17) is 0 Å². The molecule has 2 aromatic rings. The van der Waals surface area contributed by atoms with E-state index in [2.05, 4.69) is 0 Å². The van der Waals surface area contributed by atoms with Gasteiger partial charge in [-0.05, 0) is 80.2 Å². The summed E-state index contributed by atoms with van der Waals surface area (Å²) in [6.07, 6.45) is 1.54. The molecule has 2 atom stereocenters. The molecule has 1 N–H and O–H groups in total. The van der Waals surface area contributed by atoms with Crippen LogP contribution >= 0.6 is 0 Å². The van der Waals surface area contributed by atoms with Gasteiger partial charge in [0.25, 0.3) is 22.7 Å². The van der Waals surface area contributed by atoms with Gasteiger partial charge in [0.1, 0.15) is 11.1 Å². The van der Waals surface area contributed by atoms with Crippen molar-refractivity contribution in [1.29, 1.82) is 0 Å². The fraction of sp³-hybridized carbons (Fsp3) is 0.480. The van der Waals surface area contributed by atoms with Gasteiger partial charge in [0.2, 0.25) is 0 Å². The van der Waals surface area contributed by atoms with Gasteiger partial charge >= 0.3 is 5.97 Å². The van der Waals surface area contributed by atoms with E-state index in [0.29, 0.717) is 19.3 Å². The third kappa shape index (κ3) is 3.72. The minimum absolute atomic E-state index is 0.0843. The number of carboxylic acids is 1. The summed E-state index contributed by atoms with van der Waals surface area (Å²) in [4.78, 5) is 57.3. The lowest BCUT2D eigenvalue weighted by molar-refractivity contribution is -0.395. The standard InChI is InChI=1S/C25H24N4O10/c1-13-18(26(32)33)3-16(4-19(13)27(34)35)23-7-15-8-24(10-23,12-25(9-15,11-23)22(30)31)17-5-20(28(36)37)14(2)21(6-17)29(38)39/h3-6,15H,7-12H2,1-2H3,(H,30,31)/t15?,23-,24-,25?/m0/s1. The van der Waals surface area contributed by atoms with Crippen molar-refractivity contribution in [3.8, 4) is 0 Å². The maximum Gasteiger partial charge on any atom is 0.309 e. The van der Waals surface area contributed by atoms with Crippen molar-refractivity contribution in [3.05, 3.63) is 87.0 Å². The Kier molecular flexibility index (Phi) is 5.53. The topological polar surface area (TPSA) is 210 Å². The summed E-state index contributed by atoms with van der Waals surface area (Å²) in [5.41, 5.74) is -4.82. The monoisotopic (exact) mass is 540 g/mol. The zero-order chi connectivity index (χ0) is 28.7. The first kappa shape index (κ1) is 26.1. The Morgan fingerprint density at radius 3 is 1.31 bits per heavy atom. The largest absolute Gasteiger partial charge is 0.481 e. The molecule has 0 aliphatic heterocycles. The van der Waals surface area contributed by atoms with Crippen LogP contribution in [-0.4, -0.2) is 30.8 Å². The molecule has 4 saturated carbocycles. The summed E-state index contributed by atoms with van der Waals surface area (Å²) in [7, 11) is 0. The van der Waals surface area contributed by atoms with Crippen molar-refractivity contribution < 1.29 is 29.6 Å². The van der Waals surface area contributed by atoms with Crippen LogP contribution in [0.3, 0.4) is 0 Å². The normalized spacial score (nSPS) is 28.7. The van der Waals surface area contributed by atoms with Gasteiger partial charge in [-0.3, -0.25) is 45.3 Å². The zero-order valence-electron chi connectivity index (χ0n) is 21.0. The molecule has 14 heteroatoms. The molecule has 0 saturated heterocycles. The van der Waals surface area contributed by atoms with Crippen LogP contribution in [0.25, 0.3) is 0 Å². The van der Waals surface area contributed by atoms with Gasteiger partial charge in [-0.15, -0.1) is 0 Å². The number of nitrogens with zero attached hydrogens (tertiary/aromatic N) is 4. The second-order valence-electron chi connectivity index (χ2n) is 11.5. The number of aliphatic carboxylic acids is 1. The first-order valence-electron chi connectivity index (χ1n) is 12.2. The first-order chi connectivity index (χ1) is 18.1. The molecule has 14 nitrogen and oxygen atoms in total. The van der Waals surface area contributed by atoms with Crippen molar-refractivity contribution in [3.63, 3.8) is 0 Å². The van der Waals surface area contributed by atoms with Crippen LogP contribution in [0.15, 0.2) is 24.3 Å². The smallest absolute Gasteiger partial charge is 0.309 e. The van der Waals surface area contributed by atoms with Gasteiger partial charge in [0.05, 0.1) is 25.1 Å². The van der Waals surface area contributed by atoms with E-state index in [0.717, 1.165) is 0 Å². The van der Waals surface area contributed by atoms with Gasteiger partial charge in [-0.25, -0.2) is 0 Å². The minimum atomic E-state index is -1.30. The highest BCUT2D eigenvalue weighted by Gasteiger charge is 2.67. The summed E-state index contributed by atoms with van der Waals surface area (Å²) in [6, 6.07) is 5.11. The SMILES string of the molecule is Cc1c([N+](=O)[O-])cc([C@]23CC4CC(C(=O)O)(C2)C[C@](c2cc([N+](=O)[O-])c(C)c([N+](=O)[O-])c2)(C4)C3)cc1[N+](=O)[O-]. The molecule has 4 aliphatic rings. The Balaban J connectivity index is 1.78.